The van der Waals surface area contributed by atoms with E-state index >= 15 is 0 Å². The van der Waals surface area contributed by atoms with Gasteiger partial charge in [0.25, 0.3) is 5.91 Å². The molecule has 25 heavy (non-hydrogen) atoms. The number of hydrogen-bond acceptors (Lipinski definition) is 5. The molecule has 0 saturated heterocycles. The molecule has 1 heterocycles. The van der Waals surface area contributed by atoms with Crippen LogP contribution in [0.25, 0.3) is 11.3 Å². The molecule has 1 fully saturated rings. The van der Waals surface area contributed by atoms with Gasteiger partial charge in [0.15, 0.2) is 11.7 Å². The Balaban J connectivity index is 1.54. The summed E-state index contributed by atoms with van der Waals surface area (Å²) in [5.41, 5.74) is 1.96. The molecule has 0 unspecified atom stereocenters. The summed E-state index contributed by atoms with van der Waals surface area (Å²) in [6.07, 6.45) is 0.315. The minimum absolute atomic E-state index is 0.315. The molecule has 1 N–H and O–H groups in total. The molecule has 3 rings (SSSR count). The topological polar surface area (TPSA) is 68.3 Å². The van der Waals surface area contributed by atoms with E-state index in [2.05, 4.69) is 10.3 Å². The van der Waals surface area contributed by atoms with Gasteiger partial charge in [0, 0.05) is 17.4 Å². The maximum atomic E-state index is 11.9. The number of benzene rings is 1. The molecule has 0 aliphatic heterocycles. The highest BCUT2D eigenvalue weighted by molar-refractivity contribution is 7.14. The van der Waals surface area contributed by atoms with E-state index in [4.69, 9.17) is 27.9 Å². The summed E-state index contributed by atoms with van der Waals surface area (Å²) < 4.78 is 3.89. The molecule has 1 aromatic heterocycles. The third-order valence-electron chi connectivity index (χ3n) is 4.14. The SMILES string of the molecule is Cc1ccc(-c2csc(NC(=O)COC(=O)[C@]3(C)CC3(Cl)Cl)n2)cc1. The van der Waals surface area contributed by atoms with Crippen molar-refractivity contribution in [1.82, 2.24) is 4.98 Å². The van der Waals surface area contributed by atoms with E-state index in [0.29, 0.717) is 11.6 Å². The zero-order chi connectivity index (χ0) is 18.2. The Kier molecular flexibility index (Phi) is 4.79. The van der Waals surface area contributed by atoms with Gasteiger partial charge in [0.1, 0.15) is 9.75 Å². The first-order chi connectivity index (χ1) is 11.7. The summed E-state index contributed by atoms with van der Waals surface area (Å²) in [7, 11) is 0. The molecular formula is C17H16Cl2N2O3S. The molecule has 2 aromatic rings. The molecular weight excluding hydrogens is 383 g/mol. The van der Waals surface area contributed by atoms with Crippen LogP contribution in [0.5, 0.6) is 0 Å². The van der Waals surface area contributed by atoms with Gasteiger partial charge in [-0.3, -0.25) is 14.9 Å². The van der Waals surface area contributed by atoms with Gasteiger partial charge < -0.3 is 4.74 Å². The fourth-order valence-electron chi connectivity index (χ4n) is 2.26. The van der Waals surface area contributed by atoms with Crippen LogP contribution in [0.4, 0.5) is 5.13 Å². The molecule has 0 radical (unpaired) electrons. The van der Waals surface area contributed by atoms with Gasteiger partial charge in [-0.25, -0.2) is 4.98 Å². The third kappa shape index (κ3) is 3.81. The first kappa shape index (κ1) is 18.2. The lowest BCUT2D eigenvalue weighted by molar-refractivity contribution is -0.152. The van der Waals surface area contributed by atoms with E-state index in [1.54, 1.807) is 6.92 Å². The van der Waals surface area contributed by atoms with Crippen LogP contribution in [-0.4, -0.2) is 27.8 Å². The first-order valence-corrected chi connectivity index (χ1v) is 9.22. The number of amides is 1. The third-order valence-corrected chi connectivity index (χ3v) is 6.00. The fraction of sp³-hybridized carbons (Fsp3) is 0.353. The Bertz CT molecular complexity index is 820. The summed E-state index contributed by atoms with van der Waals surface area (Å²) in [4.78, 5) is 28.2. The fourth-order valence-corrected chi connectivity index (χ4v) is 3.68. The van der Waals surface area contributed by atoms with Crippen LogP contribution in [0.15, 0.2) is 29.6 Å². The molecule has 0 bridgehead atoms. The Labute approximate surface area is 159 Å². The number of ether oxygens (including phenoxy) is 1. The highest BCUT2D eigenvalue weighted by atomic mass is 35.5. The van der Waals surface area contributed by atoms with Crippen LogP contribution in [0.2, 0.25) is 0 Å². The number of hydrogen-bond donors (Lipinski definition) is 1. The van der Waals surface area contributed by atoms with E-state index in [1.165, 1.54) is 11.3 Å². The van der Waals surface area contributed by atoms with Crippen LogP contribution >= 0.6 is 34.5 Å². The number of aromatic nitrogens is 1. The lowest BCUT2D eigenvalue weighted by Crippen LogP contribution is -2.26. The van der Waals surface area contributed by atoms with Crippen molar-refractivity contribution < 1.29 is 14.3 Å². The second-order valence-corrected chi connectivity index (χ2v) is 8.58. The number of rotatable bonds is 5. The Morgan fingerprint density at radius 2 is 1.96 bits per heavy atom. The highest BCUT2D eigenvalue weighted by Crippen LogP contribution is 2.64. The number of nitrogens with zero attached hydrogens (tertiary/aromatic N) is 1. The van der Waals surface area contributed by atoms with E-state index in [9.17, 15) is 9.59 Å². The maximum Gasteiger partial charge on any atom is 0.315 e. The van der Waals surface area contributed by atoms with Gasteiger partial charge in [0.05, 0.1) is 5.69 Å². The summed E-state index contributed by atoms with van der Waals surface area (Å²) in [5.74, 6) is -1.04. The summed E-state index contributed by atoms with van der Waals surface area (Å²) in [6, 6.07) is 7.94. The van der Waals surface area contributed by atoms with Crippen molar-refractivity contribution in [3.8, 4) is 11.3 Å². The average Bonchev–Trinajstić information content (AvgIpc) is 2.88. The quantitative estimate of drug-likeness (QED) is 0.605. The minimum atomic E-state index is -1.11. The van der Waals surface area contributed by atoms with Crippen molar-refractivity contribution in [2.75, 3.05) is 11.9 Å². The Morgan fingerprint density at radius 1 is 1.32 bits per heavy atom. The molecule has 1 amide bonds. The lowest BCUT2D eigenvalue weighted by atomic mass is 10.1. The predicted octanol–water partition coefficient (Wildman–Crippen LogP) is 4.18. The van der Waals surface area contributed by atoms with Crippen molar-refractivity contribution in [1.29, 1.82) is 0 Å². The zero-order valence-electron chi connectivity index (χ0n) is 13.6. The molecule has 1 aliphatic rings. The maximum absolute atomic E-state index is 11.9. The normalized spacial score (nSPS) is 20.8. The average molecular weight is 399 g/mol. The number of aryl methyl sites for hydroxylation is 1. The molecule has 1 aromatic carbocycles. The van der Waals surface area contributed by atoms with Crippen LogP contribution in [0.3, 0.4) is 0 Å². The number of anilines is 1. The number of esters is 1. The first-order valence-electron chi connectivity index (χ1n) is 7.59. The number of alkyl halides is 2. The van der Waals surface area contributed by atoms with Gasteiger partial charge in [-0.05, 0) is 13.8 Å². The van der Waals surface area contributed by atoms with Crippen molar-refractivity contribution >= 4 is 51.5 Å². The van der Waals surface area contributed by atoms with Crippen molar-refractivity contribution in [3.05, 3.63) is 35.2 Å². The van der Waals surface area contributed by atoms with E-state index < -0.39 is 28.2 Å². The number of halogens is 2. The minimum Gasteiger partial charge on any atom is -0.455 e. The Hall–Kier alpha value is -1.63. The second-order valence-electron chi connectivity index (χ2n) is 6.24. The predicted molar refractivity (Wildman–Crippen MR) is 99.0 cm³/mol. The molecule has 1 aliphatic carbocycles. The Morgan fingerprint density at radius 3 is 2.56 bits per heavy atom. The summed E-state index contributed by atoms with van der Waals surface area (Å²) >= 11 is 13.1. The van der Waals surface area contributed by atoms with Crippen LogP contribution in [0.1, 0.15) is 18.9 Å². The number of nitrogens with one attached hydrogen (secondary N) is 1. The van der Waals surface area contributed by atoms with Crippen molar-refractivity contribution in [2.45, 2.75) is 24.6 Å². The van der Waals surface area contributed by atoms with Crippen LogP contribution < -0.4 is 5.32 Å². The smallest absolute Gasteiger partial charge is 0.315 e. The van der Waals surface area contributed by atoms with Gasteiger partial charge in [-0.15, -0.1) is 34.5 Å². The molecule has 5 nitrogen and oxygen atoms in total. The summed E-state index contributed by atoms with van der Waals surface area (Å²) in [6.45, 7) is 3.22. The molecule has 0 spiro atoms. The summed E-state index contributed by atoms with van der Waals surface area (Å²) in [5, 5.41) is 4.91. The number of thiazole rings is 1. The van der Waals surface area contributed by atoms with Gasteiger partial charge in [-0.2, -0.15) is 0 Å². The van der Waals surface area contributed by atoms with E-state index in [0.717, 1.165) is 16.8 Å². The number of carbonyl (C=O) groups excluding carboxylic acids is 2. The van der Waals surface area contributed by atoms with Crippen molar-refractivity contribution in [2.24, 2.45) is 5.41 Å². The van der Waals surface area contributed by atoms with Crippen LogP contribution in [-0.2, 0) is 14.3 Å². The largest absolute Gasteiger partial charge is 0.455 e. The van der Waals surface area contributed by atoms with Gasteiger partial charge in [0.2, 0.25) is 0 Å². The number of carbonyl (C=O) groups is 2. The molecule has 1 atom stereocenters. The lowest BCUT2D eigenvalue weighted by Gasteiger charge is -2.11. The van der Waals surface area contributed by atoms with Gasteiger partial charge in [-0.1, -0.05) is 29.8 Å². The molecule has 132 valence electrons. The standard InChI is InChI=1S/C17H16Cl2N2O3S/c1-10-3-5-11(6-4-10)12-8-25-15(20-12)21-13(22)7-24-14(23)16(2)9-17(16,18)19/h3-6,8H,7,9H2,1-2H3,(H,20,21,22)/t16-/m0/s1. The molecule has 8 heteroatoms. The zero-order valence-corrected chi connectivity index (χ0v) is 16.0. The van der Waals surface area contributed by atoms with E-state index in [-0.39, 0.29) is 0 Å². The monoisotopic (exact) mass is 398 g/mol. The second kappa shape index (κ2) is 6.59. The van der Waals surface area contributed by atoms with Crippen LogP contribution in [0, 0.1) is 12.3 Å². The highest BCUT2D eigenvalue weighted by Gasteiger charge is 2.69. The van der Waals surface area contributed by atoms with E-state index in [1.807, 2.05) is 36.6 Å². The molecule has 1 saturated carbocycles. The van der Waals surface area contributed by atoms with Crippen molar-refractivity contribution in [3.63, 3.8) is 0 Å². The van der Waals surface area contributed by atoms with Gasteiger partial charge >= 0.3 is 5.97 Å².